The molecule has 1 aromatic heterocycles. The fraction of sp³-hybridized carbons (Fsp3) is 0.364. The molecule has 0 radical (unpaired) electrons. The summed E-state index contributed by atoms with van der Waals surface area (Å²) in [5.41, 5.74) is 7.42. The molecule has 0 bridgehead atoms. The Hall–Kier alpha value is -4.29. The summed E-state index contributed by atoms with van der Waals surface area (Å²) in [6, 6.07) is 20.3. The number of hydrogen-bond acceptors (Lipinski definition) is 5. The van der Waals surface area contributed by atoms with Gasteiger partial charge in [-0.1, -0.05) is 30.2 Å². The number of carbonyl (C=O) groups is 1. The van der Waals surface area contributed by atoms with Crippen molar-refractivity contribution in [1.29, 1.82) is 5.26 Å². The molecule has 0 aliphatic carbocycles. The second-order valence-corrected chi connectivity index (χ2v) is 10.7. The number of piperazine rings is 1. The first-order chi connectivity index (χ1) is 19.0. The SMILES string of the molecule is C#Cc1cccc(N2CCC(Cc3nc(C(=O)N4CCN(c5ccccc5C#N)CC4)c(C)cc3C)CC2)c1. The maximum atomic E-state index is 13.6. The lowest BCUT2D eigenvalue weighted by molar-refractivity contribution is 0.0739. The average Bonchev–Trinajstić information content (AvgIpc) is 2.98. The van der Waals surface area contributed by atoms with E-state index in [9.17, 15) is 10.1 Å². The second kappa shape index (κ2) is 11.6. The Kier molecular flexibility index (Phi) is 7.84. The number of benzene rings is 2. The van der Waals surface area contributed by atoms with Gasteiger partial charge in [0.2, 0.25) is 0 Å². The molecule has 3 heterocycles. The fourth-order valence-corrected chi connectivity index (χ4v) is 5.82. The molecule has 1 amide bonds. The van der Waals surface area contributed by atoms with E-state index < -0.39 is 0 Å². The molecule has 2 saturated heterocycles. The zero-order valence-corrected chi connectivity index (χ0v) is 22.9. The van der Waals surface area contributed by atoms with Gasteiger partial charge in [0.05, 0.1) is 11.3 Å². The summed E-state index contributed by atoms with van der Waals surface area (Å²) in [5, 5.41) is 9.46. The molecule has 39 heavy (non-hydrogen) atoms. The van der Waals surface area contributed by atoms with Gasteiger partial charge >= 0.3 is 0 Å². The monoisotopic (exact) mass is 517 g/mol. The summed E-state index contributed by atoms with van der Waals surface area (Å²) >= 11 is 0. The van der Waals surface area contributed by atoms with Crippen LogP contribution in [-0.4, -0.2) is 55.1 Å². The van der Waals surface area contributed by atoms with Crippen LogP contribution in [0.15, 0.2) is 54.6 Å². The predicted octanol–water partition coefficient (Wildman–Crippen LogP) is 4.97. The molecular weight excluding hydrogens is 482 g/mol. The van der Waals surface area contributed by atoms with Crippen molar-refractivity contribution in [3.05, 3.63) is 88.2 Å². The Morgan fingerprint density at radius 3 is 2.41 bits per heavy atom. The van der Waals surface area contributed by atoms with Crippen LogP contribution in [0.1, 0.15) is 51.3 Å². The third-order valence-corrected chi connectivity index (χ3v) is 8.12. The molecule has 3 aromatic rings. The molecule has 0 unspecified atom stereocenters. The largest absolute Gasteiger partial charge is 0.371 e. The van der Waals surface area contributed by atoms with E-state index >= 15 is 0 Å². The van der Waals surface area contributed by atoms with Crippen LogP contribution < -0.4 is 9.80 Å². The van der Waals surface area contributed by atoms with Gasteiger partial charge < -0.3 is 14.7 Å². The minimum atomic E-state index is 0.00480. The van der Waals surface area contributed by atoms with Crippen molar-refractivity contribution >= 4 is 17.3 Å². The van der Waals surface area contributed by atoms with E-state index in [2.05, 4.69) is 46.9 Å². The number of piperidine rings is 1. The second-order valence-electron chi connectivity index (χ2n) is 10.7. The molecular formula is C33H35N5O. The molecule has 0 spiro atoms. The van der Waals surface area contributed by atoms with Gasteiger partial charge in [0.1, 0.15) is 11.8 Å². The third kappa shape index (κ3) is 5.76. The van der Waals surface area contributed by atoms with Crippen molar-refractivity contribution in [3.8, 4) is 18.4 Å². The van der Waals surface area contributed by atoms with E-state index in [1.54, 1.807) is 0 Å². The Bertz CT molecular complexity index is 1430. The van der Waals surface area contributed by atoms with Crippen LogP contribution in [0, 0.1) is 43.4 Å². The van der Waals surface area contributed by atoms with Crippen LogP contribution in [0.3, 0.4) is 0 Å². The number of aromatic nitrogens is 1. The number of rotatable bonds is 5. The van der Waals surface area contributed by atoms with E-state index in [-0.39, 0.29) is 5.91 Å². The van der Waals surface area contributed by atoms with Crippen LogP contribution in [0.4, 0.5) is 11.4 Å². The third-order valence-electron chi connectivity index (χ3n) is 8.12. The molecule has 0 saturated carbocycles. The lowest BCUT2D eigenvalue weighted by Gasteiger charge is -2.36. The van der Waals surface area contributed by atoms with E-state index in [0.29, 0.717) is 43.4 Å². The summed E-state index contributed by atoms with van der Waals surface area (Å²) < 4.78 is 0. The molecule has 0 atom stereocenters. The first-order valence-electron chi connectivity index (χ1n) is 13.8. The summed E-state index contributed by atoms with van der Waals surface area (Å²) in [6.07, 6.45) is 8.66. The first-order valence-corrected chi connectivity index (χ1v) is 13.8. The summed E-state index contributed by atoms with van der Waals surface area (Å²) in [4.78, 5) is 25.0. The van der Waals surface area contributed by atoms with Gasteiger partial charge in [0, 0.05) is 56.2 Å². The van der Waals surface area contributed by atoms with Crippen molar-refractivity contribution in [2.45, 2.75) is 33.1 Å². The van der Waals surface area contributed by atoms with Crippen molar-refractivity contribution in [2.75, 3.05) is 49.1 Å². The standard InChI is InChI=1S/C33H35N5O/c1-4-26-8-7-10-29(21-26)36-14-12-27(13-15-36)22-30-24(2)20-25(3)32(35-30)33(39)38-18-16-37(17-19-38)31-11-6-5-9-28(31)23-34/h1,5-11,20-21,27H,12-19,22H2,2-3H3. The highest BCUT2D eigenvalue weighted by Crippen LogP contribution is 2.28. The Balaban J connectivity index is 1.22. The lowest BCUT2D eigenvalue weighted by atomic mass is 9.90. The molecule has 2 aromatic carbocycles. The number of carbonyl (C=O) groups excluding carboxylic acids is 1. The molecule has 198 valence electrons. The van der Waals surface area contributed by atoms with Crippen molar-refractivity contribution in [1.82, 2.24) is 9.88 Å². The van der Waals surface area contributed by atoms with Gasteiger partial charge in [-0.05, 0) is 80.5 Å². The smallest absolute Gasteiger partial charge is 0.272 e. The number of hydrogen-bond donors (Lipinski definition) is 0. The molecule has 2 aliphatic rings. The number of anilines is 2. The number of para-hydroxylation sites is 1. The van der Waals surface area contributed by atoms with Crippen LogP contribution in [0.2, 0.25) is 0 Å². The highest BCUT2D eigenvalue weighted by Gasteiger charge is 2.27. The van der Waals surface area contributed by atoms with Gasteiger partial charge in [-0.15, -0.1) is 6.42 Å². The number of aryl methyl sites for hydroxylation is 2. The van der Waals surface area contributed by atoms with Gasteiger partial charge in [0.25, 0.3) is 5.91 Å². The van der Waals surface area contributed by atoms with E-state index in [1.165, 1.54) is 5.69 Å². The van der Waals surface area contributed by atoms with E-state index in [0.717, 1.165) is 60.4 Å². The van der Waals surface area contributed by atoms with Gasteiger partial charge in [-0.3, -0.25) is 4.79 Å². The predicted molar refractivity (Wildman–Crippen MR) is 156 cm³/mol. The van der Waals surface area contributed by atoms with Crippen molar-refractivity contribution < 1.29 is 4.79 Å². The highest BCUT2D eigenvalue weighted by atomic mass is 16.2. The minimum Gasteiger partial charge on any atom is -0.371 e. The van der Waals surface area contributed by atoms with Crippen LogP contribution in [0.5, 0.6) is 0 Å². The summed E-state index contributed by atoms with van der Waals surface area (Å²) in [7, 11) is 0. The first kappa shape index (κ1) is 26.3. The quantitative estimate of drug-likeness (QED) is 0.447. The molecule has 0 N–H and O–H groups in total. The highest BCUT2D eigenvalue weighted by molar-refractivity contribution is 5.94. The van der Waals surface area contributed by atoms with Crippen LogP contribution >= 0.6 is 0 Å². The van der Waals surface area contributed by atoms with Crippen LogP contribution in [0.25, 0.3) is 0 Å². The van der Waals surface area contributed by atoms with Gasteiger partial charge in [-0.2, -0.15) is 5.26 Å². The van der Waals surface area contributed by atoms with Gasteiger partial charge in [-0.25, -0.2) is 4.98 Å². The number of pyridine rings is 1. The Morgan fingerprint density at radius 1 is 0.949 bits per heavy atom. The Labute approximate surface area is 231 Å². The number of terminal acetylenes is 1. The fourth-order valence-electron chi connectivity index (χ4n) is 5.82. The maximum Gasteiger partial charge on any atom is 0.272 e. The number of nitrogens with zero attached hydrogens (tertiary/aromatic N) is 5. The average molecular weight is 518 g/mol. The maximum absolute atomic E-state index is 13.6. The van der Waals surface area contributed by atoms with Crippen LogP contribution in [-0.2, 0) is 6.42 Å². The normalized spacial score (nSPS) is 16.1. The van der Waals surface area contributed by atoms with Crippen molar-refractivity contribution in [3.63, 3.8) is 0 Å². The molecule has 2 fully saturated rings. The molecule has 5 rings (SSSR count). The van der Waals surface area contributed by atoms with E-state index in [4.69, 9.17) is 11.4 Å². The zero-order valence-electron chi connectivity index (χ0n) is 22.9. The topological polar surface area (TPSA) is 63.5 Å². The number of amides is 1. The summed E-state index contributed by atoms with van der Waals surface area (Å²) in [5.74, 6) is 3.28. The number of nitriles is 1. The van der Waals surface area contributed by atoms with Crippen molar-refractivity contribution in [2.24, 2.45) is 5.92 Å². The molecule has 6 heteroatoms. The van der Waals surface area contributed by atoms with Gasteiger partial charge in [0.15, 0.2) is 0 Å². The minimum absolute atomic E-state index is 0.00480. The zero-order chi connectivity index (χ0) is 27.4. The summed E-state index contributed by atoms with van der Waals surface area (Å²) in [6.45, 7) is 8.71. The lowest BCUT2D eigenvalue weighted by Crippen LogP contribution is -2.49. The molecule has 6 nitrogen and oxygen atoms in total. The Morgan fingerprint density at radius 2 is 1.69 bits per heavy atom. The molecule has 2 aliphatic heterocycles. The van der Waals surface area contributed by atoms with E-state index in [1.807, 2.05) is 48.2 Å².